The predicted molar refractivity (Wildman–Crippen MR) is 91.4 cm³/mol. The molecule has 0 bridgehead atoms. The second-order valence-corrected chi connectivity index (χ2v) is 5.88. The zero-order chi connectivity index (χ0) is 17.7. The summed E-state index contributed by atoms with van der Waals surface area (Å²) in [7, 11) is 3.02. The van der Waals surface area contributed by atoms with Crippen LogP contribution < -0.4 is 11.2 Å². The minimum atomic E-state index is -0.421. The van der Waals surface area contributed by atoms with Crippen LogP contribution in [0.5, 0.6) is 0 Å². The fourth-order valence-electron chi connectivity index (χ4n) is 3.13. The SMILES string of the molecule is Cn1c(=O)c2c(ncn2Cc2cn3ccccc3c2C#N)n(C)c1=O. The highest BCUT2D eigenvalue weighted by Crippen LogP contribution is 2.19. The number of nitrogens with zero attached hydrogens (tertiary/aromatic N) is 6. The largest absolute Gasteiger partial charge is 0.332 e. The zero-order valence-corrected chi connectivity index (χ0v) is 13.7. The molecule has 0 radical (unpaired) electrons. The molecule has 0 saturated heterocycles. The number of fused-ring (bicyclic) bond motifs is 2. The molecule has 0 saturated carbocycles. The van der Waals surface area contributed by atoms with Crippen molar-refractivity contribution < 1.29 is 0 Å². The first-order chi connectivity index (χ1) is 12.0. The lowest BCUT2D eigenvalue weighted by atomic mass is 10.2. The van der Waals surface area contributed by atoms with E-state index in [0.29, 0.717) is 23.3 Å². The van der Waals surface area contributed by atoms with E-state index in [9.17, 15) is 14.9 Å². The second kappa shape index (κ2) is 5.21. The van der Waals surface area contributed by atoms with Gasteiger partial charge in [0.1, 0.15) is 6.07 Å². The molecule has 8 nitrogen and oxygen atoms in total. The Balaban J connectivity index is 1.95. The van der Waals surface area contributed by atoms with Crippen LogP contribution >= 0.6 is 0 Å². The van der Waals surface area contributed by atoms with Crippen molar-refractivity contribution in [1.29, 1.82) is 5.26 Å². The molecule has 0 fully saturated rings. The molecule has 4 rings (SSSR count). The molecule has 0 atom stereocenters. The van der Waals surface area contributed by atoms with Gasteiger partial charge in [0.05, 0.1) is 24.0 Å². The molecule has 124 valence electrons. The van der Waals surface area contributed by atoms with E-state index in [-0.39, 0.29) is 0 Å². The number of hydrogen-bond acceptors (Lipinski definition) is 4. The highest BCUT2D eigenvalue weighted by Gasteiger charge is 2.16. The monoisotopic (exact) mass is 334 g/mol. The van der Waals surface area contributed by atoms with Crippen molar-refractivity contribution in [2.45, 2.75) is 6.54 Å². The topological polar surface area (TPSA) is 90.0 Å². The van der Waals surface area contributed by atoms with Crippen molar-refractivity contribution in [2.75, 3.05) is 0 Å². The first-order valence-electron chi connectivity index (χ1n) is 7.62. The minimum absolute atomic E-state index is 0.314. The van der Waals surface area contributed by atoms with Gasteiger partial charge in [0, 0.05) is 32.1 Å². The summed E-state index contributed by atoms with van der Waals surface area (Å²) >= 11 is 0. The quantitative estimate of drug-likeness (QED) is 0.537. The van der Waals surface area contributed by atoms with Crippen LogP contribution in [0.3, 0.4) is 0 Å². The third kappa shape index (κ3) is 2.03. The van der Waals surface area contributed by atoms with Gasteiger partial charge >= 0.3 is 5.69 Å². The van der Waals surface area contributed by atoms with Crippen LogP contribution in [0, 0.1) is 11.3 Å². The van der Waals surface area contributed by atoms with E-state index in [1.54, 1.807) is 11.6 Å². The Morgan fingerprint density at radius 2 is 2.00 bits per heavy atom. The molecule has 0 aromatic carbocycles. The maximum absolute atomic E-state index is 12.5. The van der Waals surface area contributed by atoms with Gasteiger partial charge in [0.2, 0.25) is 0 Å². The van der Waals surface area contributed by atoms with Gasteiger partial charge in [-0.15, -0.1) is 0 Å². The lowest BCUT2D eigenvalue weighted by molar-refractivity contribution is 0.702. The molecule has 0 spiro atoms. The molecule has 0 amide bonds. The molecule has 25 heavy (non-hydrogen) atoms. The number of pyridine rings is 1. The van der Waals surface area contributed by atoms with Crippen molar-refractivity contribution in [1.82, 2.24) is 23.1 Å². The van der Waals surface area contributed by atoms with E-state index in [2.05, 4.69) is 11.1 Å². The summed E-state index contributed by atoms with van der Waals surface area (Å²) in [6.45, 7) is 0.314. The molecule has 8 heteroatoms. The summed E-state index contributed by atoms with van der Waals surface area (Å²) in [5.41, 5.74) is 1.99. The summed E-state index contributed by atoms with van der Waals surface area (Å²) in [6.07, 6.45) is 5.26. The van der Waals surface area contributed by atoms with Crippen molar-refractivity contribution in [2.24, 2.45) is 14.1 Å². The van der Waals surface area contributed by atoms with Gasteiger partial charge in [-0.2, -0.15) is 5.26 Å². The van der Waals surface area contributed by atoms with Gasteiger partial charge in [-0.3, -0.25) is 13.9 Å². The summed E-state index contributed by atoms with van der Waals surface area (Å²) in [5, 5.41) is 9.53. The third-order valence-electron chi connectivity index (χ3n) is 4.43. The molecular formula is C17H14N6O2. The van der Waals surface area contributed by atoms with Crippen LogP contribution in [0.25, 0.3) is 16.7 Å². The first-order valence-corrected chi connectivity index (χ1v) is 7.62. The Labute approximate surface area is 141 Å². The Hall–Kier alpha value is -3.60. The molecule has 0 unspecified atom stereocenters. The van der Waals surface area contributed by atoms with Crippen molar-refractivity contribution in [3.8, 4) is 6.07 Å². The molecule has 0 aliphatic carbocycles. The van der Waals surface area contributed by atoms with Crippen LogP contribution in [0.15, 0.2) is 46.5 Å². The Morgan fingerprint density at radius 3 is 2.76 bits per heavy atom. The predicted octanol–water partition coefficient (Wildman–Crippen LogP) is 0.606. The van der Waals surface area contributed by atoms with Crippen LogP contribution in [0.1, 0.15) is 11.1 Å². The number of rotatable bonds is 2. The Kier molecular flexibility index (Phi) is 3.12. The zero-order valence-electron chi connectivity index (χ0n) is 13.7. The lowest BCUT2D eigenvalue weighted by Gasteiger charge is -2.06. The van der Waals surface area contributed by atoms with Gasteiger partial charge in [-0.25, -0.2) is 9.78 Å². The molecular weight excluding hydrogens is 320 g/mol. The van der Waals surface area contributed by atoms with Crippen molar-refractivity contribution in [3.63, 3.8) is 0 Å². The van der Waals surface area contributed by atoms with Gasteiger partial charge in [-0.05, 0) is 12.1 Å². The number of nitriles is 1. The highest BCUT2D eigenvalue weighted by atomic mass is 16.2. The van der Waals surface area contributed by atoms with Gasteiger partial charge in [-0.1, -0.05) is 6.07 Å². The van der Waals surface area contributed by atoms with Gasteiger partial charge < -0.3 is 8.97 Å². The van der Waals surface area contributed by atoms with Crippen LogP contribution in [0.2, 0.25) is 0 Å². The van der Waals surface area contributed by atoms with E-state index in [1.165, 1.54) is 17.9 Å². The average molecular weight is 334 g/mol. The summed E-state index contributed by atoms with van der Waals surface area (Å²) in [5.74, 6) is 0. The van der Waals surface area contributed by atoms with E-state index in [0.717, 1.165) is 15.6 Å². The fourth-order valence-corrected chi connectivity index (χ4v) is 3.13. The standard InChI is InChI=1S/C17H14N6O2/c1-20-15-14(16(24)21(2)17(20)25)23(10-19-15)9-11-8-22-6-4-3-5-13(22)12(11)7-18/h3-6,8,10H,9H2,1-2H3. The first kappa shape index (κ1) is 15.0. The van der Waals surface area contributed by atoms with E-state index in [4.69, 9.17) is 0 Å². The highest BCUT2D eigenvalue weighted by molar-refractivity contribution is 5.71. The normalized spacial score (nSPS) is 11.2. The van der Waals surface area contributed by atoms with Crippen molar-refractivity contribution >= 4 is 16.7 Å². The maximum atomic E-state index is 12.5. The van der Waals surface area contributed by atoms with Crippen molar-refractivity contribution in [3.05, 3.63) is 68.9 Å². The molecule has 0 N–H and O–H groups in total. The van der Waals surface area contributed by atoms with Crippen LogP contribution in [-0.2, 0) is 20.6 Å². The summed E-state index contributed by atoms with van der Waals surface area (Å²) < 4.78 is 5.95. The Morgan fingerprint density at radius 1 is 1.20 bits per heavy atom. The number of aromatic nitrogens is 5. The van der Waals surface area contributed by atoms with Gasteiger partial charge in [0.15, 0.2) is 11.2 Å². The summed E-state index contributed by atoms with van der Waals surface area (Å²) in [6, 6.07) is 7.86. The average Bonchev–Trinajstić information content (AvgIpc) is 3.19. The third-order valence-corrected chi connectivity index (χ3v) is 4.43. The molecule has 0 aliphatic heterocycles. The van der Waals surface area contributed by atoms with E-state index in [1.807, 2.05) is 35.0 Å². The lowest BCUT2D eigenvalue weighted by Crippen LogP contribution is -2.37. The smallest absolute Gasteiger partial charge is 0.322 e. The second-order valence-electron chi connectivity index (χ2n) is 5.88. The number of aryl methyl sites for hydroxylation is 1. The number of hydrogen-bond donors (Lipinski definition) is 0. The van der Waals surface area contributed by atoms with Crippen LogP contribution in [0.4, 0.5) is 0 Å². The maximum Gasteiger partial charge on any atom is 0.332 e. The van der Waals surface area contributed by atoms with Crippen LogP contribution in [-0.4, -0.2) is 23.1 Å². The molecule has 4 aromatic rings. The Bertz CT molecular complexity index is 1300. The summed E-state index contributed by atoms with van der Waals surface area (Å²) in [4.78, 5) is 28.7. The fraction of sp³-hybridized carbons (Fsp3) is 0.176. The van der Waals surface area contributed by atoms with Gasteiger partial charge in [0.25, 0.3) is 5.56 Å². The van der Waals surface area contributed by atoms with E-state index < -0.39 is 11.2 Å². The molecule has 0 aliphatic rings. The molecule has 4 heterocycles. The molecule has 4 aromatic heterocycles. The van der Waals surface area contributed by atoms with E-state index >= 15 is 0 Å². The minimum Gasteiger partial charge on any atom is -0.322 e. The number of imidazole rings is 1.